The summed E-state index contributed by atoms with van der Waals surface area (Å²) in [6.07, 6.45) is -0.715. The van der Waals surface area contributed by atoms with Gasteiger partial charge >= 0.3 is 0 Å². The molecule has 5 nitrogen and oxygen atoms in total. The first-order chi connectivity index (χ1) is 8.04. The number of aliphatic hydroxyl groups is 1. The highest BCUT2D eigenvalue weighted by Crippen LogP contribution is 2.07. The Morgan fingerprint density at radius 2 is 2.35 bits per heavy atom. The van der Waals surface area contributed by atoms with Crippen LogP contribution < -0.4 is 0 Å². The quantitative estimate of drug-likeness (QED) is 0.794. The second kappa shape index (κ2) is 6.54. The van der Waals surface area contributed by atoms with Crippen LogP contribution in [0.5, 0.6) is 0 Å². The number of nitrogens with zero attached hydrogens (tertiary/aromatic N) is 2. The maximum atomic E-state index is 11.9. The Hall–Kier alpha value is -1.17. The highest BCUT2D eigenvalue weighted by atomic mass is 35.5. The number of halogens is 1. The molecular weight excluding hydrogens is 244 g/mol. The van der Waals surface area contributed by atoms with Crippen molar-refractivity contribution in [1.29, 1.82) is 0 Å². The van der Waals surface area contributed by atoms with E-state index in [1.54, 1.807) is 25.2 Å². The standard InChI is InChI=1S/C11H15ClN2O3/c1-14(6-8(15)7-17-2)11(16)9-4-3-5-10(12)13-9/h3-5,8,15H,6-7H2,1-2H3. The first kappa shape index (κ1) is 13.9. The van der Waals surface area contributed by atoms with E-state index in [0.29, 0.717) is 0 Å². The largest absolute Gasteiger partial charge is 0.389 e. The van der Waals surface area contributed by atoms with Crippen molar-refractivity contribution in [3.63, 3.8) is 0 Å². The van der Waals surface area contributed by atoms with Gasteiger partial charge in [-0.1, -0.05) is 17.7 Å². The minimum atomic E-state index is -0.715. The molecule has 0 bridgehead atoms. The minimum absolute atomic E-state index is 0.181. The summed E-state index contributed by atoms with van der Waals surface area (Å²) in [5, 5.41) is 9.77. The van der Waals surface area contributed by atoms with Crippen LogP contribution in [0.3, 0.4) is 0 Å². The lowest BCUT2D eigenvalue weighted by atomic mass is 10.3. The molecule has 1 aromatic rings. The van der Waals surface area contributed by atoms with E-state index in [0.717, 1.165) is 0 Å². The molecule has 0 aliphatic rings. The smallest absolute Gasteiger partial charge is 0.272 e. The number of carbonyl (C=O) groups excluding carboxylic acids is 1. The zero-order chi connectivity index (χ0) is 12.8. The summed E-state index contributed by atoms with van der Waals surface area (Å²) in [5.41, 5.74) is 0.254. The molecule has 6 heteroatoms. The summed E-state index contributed by atoms with van der Waals surface area (Å²) in [6, 6.07) is 4.83. The number of hydrogen-bond donors (Lipinski definition) is 1. The van der Waals surface area contributed by atoms with Crippen LogP contribution in [0.2, 0.25) is 5.15 Å². The molecule has 1 rings (SSSR count). The number of carbonyl (C=O) groups is 1. The van der Waals surface area contributed by atoms with Gasteiger partial charge in [0.1, 0.15) is 10.8 Å². The van der Waals surface area contributed by atoms with Gasteiger partial charge in [-0.2, -0.15) is 0 Å². The second-order valence-corrected chi connectivity index (χ2v) is 4.03. The van der Waals surface area contributed by atoms with E-state index in [9.17, 15) is 9.90 Å². The molecule has 1 aromatic heterocycles. The number of hydrogen-bond acceptors (Lipinski definition) is 4. The number of amides is 1. The Labute approximate surface area is 105 Å². The van der Waals surface area contributed by atoms with Crippen molar-refractivity contribution < 1.29 is 14.6 Å². The van der Waals surface area contributed by atoms with Crippen molar-refractivity contribution in [3.8, 4) is 0 Å². The molecule has 94 valence electrons. The summed E-state index contributed by atoms with van der Waals surface area (Å²) in [5.74, 6) is -0.289. The van der Waals surface area contributed by atoms with E-state index in [2.05, 4.69) is 4.98 Å². The lowest BCUT2D eigenvalue weighted by Crippen LogP contribution is -2.36. The highest BCUT2D eigenvalue weighted by molar-refractivity contribution is 6.29. The van der Waals surface area contributed by atoms with Crippen molar-refractivity contribution in [1.82, 2.24) is 9.88 Å². The summed E-state index contributed by atoms with van der Waals surface area (Å²) in [4.78, 5) is 17.2. The summed E-state index contributed by atoms with van der Waals surface area (Å²) < 4.78 is 4.78. The van der Waals surface area contributed by atoms with Crippen LogP contribution in [-0.4, -0.2) is 54.3 Å². The van der Waals surface area contributed by atoms with Gasteiger partial charge in [-0.15, -0.1) is 0 Å². The number of likely N-dealkylation sites (N-methyl/N-ethyl adjacent to an activating group) is 1. The number of methoxy groups -OCH3 is 1. The predicted octanol–water partition coefficient (Wildman–Crippen LogP) is 0.814. The monoisotopic (exact) mass is 258 g/mol. The van der Waals surface area contributed by atoms with Crippen molar-refractivity contribution in [2.75, 3.05) is 27.3 Å². The lowest BCUT2D eigenvalue weighted by Gasteiger charge is -2.20. The van der Waals surface area contributed by atoms with Crippen molar-refractivity contribution in [2.24, 2.45) is 0 Å². The Morgan fingerprint density at radius 1 is 1.65 bits per heavy atom. The Kier molecular flexibility index (Phi) is 5.34. The summed E-state index contributed by atoms with van der Waals surface area (Å²) in [7, 11) is 3.08. The van der Waals surface area contributed by atoms with E-state index < -0.39 is 6.10 Å². The fourth-order valence-electron chi connectivity index (χ4n) is 1.37. The molecule has 1 atom stereocenters. The average Bonchev–Trinajstić information content (AvgIpc) is 2.28. The molecule has 1 N–H and O–H groups in total. The van der Waals surface area contributed by atoms with E-state index in [-0.39, 0.29) is 29.9 Å². The normalized spacial score (nSPS) is 12.2. The zero-order valence-corrected chi connectivity index (χ0v) is 10.5. The minimum Gasteiger partial charge on any atom is -0.389 e. The molecule has 1 unspecified atom stereocenters. The van der Waals surface area contributed by atoms with Crippen LogP contribution in [0.1, 0.15) is 10.5 Å². The number of rotatable bonds is 5. The topological polar surface area (TPSA) is 62.7 Å². The Balaban J connectivity index is 2.63. The van der Waals surface area contributed by atoms with Gasteiger partial charge in [0.15, 0.2) is 0 Å². The van der Waals surface area contributed by atoms with Gasteiger partial charge in [0, 0.05) is 20.7 Å². The van der Waals surface area contributed by atoms with Crippen LogP contribution >= 0.6 is 11.6 Å². The summed E-state index contributed by atoms with van der Waals surface area (Å²) in [6.45, 7) is 0.363. The molecule has 0 aromatic carbocycles. The highest BCUT2D eigenvalue weighted by Gasteiger charge is 2.16. The predicted molar refractivity (Wildman–Crippen MR) is 64.1 cm³/mol. The maximum absolute atomic E-state index is 11.9. The van der Waals surface area contributed by atoms with Crippen molar-refractivity contribution in [2.45, 2.75) is 6.10 Å². The Morgan fingerprint density at radius 3 is 2.94 bits per heavy atom. The number of aliphatic hydroxyl groups excluding tert-OH is 1. The van der Waals surface area contributed by atoms with E-state index in [1.165, 1.54) is 12.0 Å². The van der Waals surface area contributed by atoms with Crippen molar-refractivity contribution >= 4 is 17.5 Å². The molecule has 17 heavy (non-hydrogen) atoms. The van der Waals surface area contributed by atoms with Gasteiger partial charge in [0.05, 0.1) is 12.7 Å². The molecule has 0 aliphatic carbocycles. The number of ether oxygens (including phenoxy) is 1. The third kappa shape index (κ3) is 4.30. The number of aromatic nitrogens is 1. The molecule has 0 fully saturated rings. The van der Waals surface area contributed by atoms with E-state index >= 15 is 0 Å². The van der Waals surface area contributed by atoms with E-state index in [4.69, 9.17) is 16.3 Å². The first-order valence-electron chi connectivity index (χ1n) is 5.09. The molecular formula is C11H15ClN2O3. The van der Waals surface area contributed by atoms with Gasteiger partial charge in [0.2, 0.25) is 0 Å². The van der Waals surface area contributed by atoms with Gasteiger partial charge in [0.25, 0.3) is 5.91 Å². The Bertz CT molecular complexity index is 387. The van der Waals surface area contributed by atoms with Crippen molar-refractivity contribution in [3.05, 3.63) is 29.0 Å². The van der Waals surface area contributed by atoms with Crippen LogP contribution in [0, 0.1) is 0 Å². The average molecular weight is 259 g/mol. The molecule has 0 radical (unpaired) electrons. The maximum Gasteiger partial charge on any atom is 0.272 e. The second-order valence-electron chi connectivity index (χ2n) is 3.64. The van der Waals surface area contributed by atoms with Crippen LogP contribution in [0.15, 0.2) is 18.2 Å². The fourth-order valence-corrected chi connectivity index (χ4v) is 1.53. The van der Waals surface area contributed by atoms with Gasteiger partial charge in [-0.25, -0.2) is 4.98 Å². The van der Waals surface area contributed by atoms with Gasteiger partial charge in [-0.3, -0.25) is 4.79 Å². The lowest BCUT2D eigenvalue weighted by molar-refractivity contribution is 0.0378. The zero-order valence-electron chi connectivity index (χ0n) is 9.76. The van der Waals surface area contributed by atoms with Gasteiger partial charge < -0.3 is 14.7 Å². The SMILES string of the molecule is COCC(O)CN(C)C(=O)c1cccc(Cl)n1. The van der Waals surface area contributed by atoms with Crippen LogP contribution in [0.4, 0.5) is 0 Å². The molecule has 0 saturated carbocycles. The number of pyridine rings is 1. The van der Waals surface area contributed by atoms with Crippen LogP contribution in [0.25, 0.3) is 0 Å². The molecule has 0 saturated heterocycles. The van der Waals surface area contributed by atoms with E-state index in [1.807, 2.05) is 0 Å². The van der Waals surface area contributed by atoms with Crippen LogP contribution in [-0.2, 0) is 4.74 Å². The molecule has 1 heterocycles. The first-order valence-corrected chi connectivity index (χ1v) is 5.47. The van der Waals surface area contributed by atoms with Gasteiger partial charge in [-0.05, 0) is 12.1 Å². The molecule has 0 aliphatic heterocycles. The summed E-state index contributed by atoms with van der Waals surface area (Å²) >= 11 is 5.70. The third-order valence-electron chi connectivity index (χ3n) is 2.12. The molecule has 0 spiro atoms. The fraction of sp³-hybridized carbons (Fsp3) is 0.455. The molecule has 1 amide bonds. The third-order valence-corrected chi connectivity index (χ3v) is 2.34.